The van der Waals surface area contributed by atoms with Crippen LogP contribution in [-0.4, -0.2) is 64.6 Å². The Morgan fingerprint density at radius 3 is 2.47 bits per heavy atom. The van der Waals surface area contributed by atoms with Crippen LogP contribution < -0.4 is 0 Å². The molecule has 0 bridgehead atoms. The van der Waals surface area contributed by atoms with Gasteiger partial charge in [-0.3, -0.25) is 4.79 Å². The van der Waals surface area contributed by atoms with E-state index >= 15 is 0 Å². The number of hydrogen-bond acceptors (Lipinski definition) is 4. The number of aliphatic carboxylic acids is 1. The molecule has 2 atom stereocenters. The van der Waals surface area contributed by atoms with Gasteiger partial charge in [0, 0.05) is 5.75 Å². The highest BCUT2D eigenvalue weighted by molar-refractivity contribution is 8.00. The Morgan fingerprint density at radius 2 is 2.06 bits per heavy atom. The predicted molar refractivity (Wildman–Crippen MR) is 67.9 cm³/mol. The van der Waals surface area contributed by atoms with Gasteiger partial charge in [-0.15, -0.1) is 11.8 Å². The molecular formula is C11H20N2O3S. The Hall–Kier alpha value is -0.750. The van der Waals surface area contributed by atoms with Crippen LogP contribution in [0.2, 0.25) is 0 Å². The monoisotopic (exact) mass is 260 g/mol. The molecule has 6 heteroatoms. The van der Waals surface area contributed by atoms with Crippen LogP contribution in [0.4, 0.5) is 0 Å². The average Bonchev–Trinajstić information content (AvgIpc) is 2.59. The molecule has 0 aromatic heterocycles. The normalized spacial score (nSPS) is 24.7. The van der Waals surface area contributed by atoms with E-state index in [0.717, 1.165) is 0 Å². The van der Waals surface area contributed by atoms with E-state index in [-0.39, 0.29) is 23.7 Å². The van der Waals surface area contributed by atoms with E-state index in [4.69, 9.17) is 5.11 Å². The van der Waals surface area contributed by atoms with Crippen LogP contribution in [0, 0.1) is 5.92 Å². The second kappa shape index (κ2) is 5.73. The summed E-state index contributed by atoms with van der Waals surface area (Å²) >= 11 is 1.56. The molecule has 1 aliphatic rings. The van der Waals surface area contributed by atoms with E-state index in [2.05, 4.69) is 0 Å². The predicted octanol–water partition coefficient (Wildman–Crippen LogP) is 0.559. The molecule has 1 rings (SSSR count). The van der Waals surface area contributed by atoms with Crippen LogP contribution in [0.15, 0.2) is 0 Å². The molecule has 1 N–H and O–H groups in total. The number of carbonyl (C=O) groups is 2. The van der Waals surface area contributed by atoms with Crippen molar-refractivity contribution in [1.29, 1.82) is 0 Å². The summed E-state index contributed by atoms with van der Waals surface area (Å²) in [6.07, 6.45) is 0. The molecule has 2 unspecified atom stereocenters. The third-order valence-corrected chi connectivity index (χ3v) is 4.25. The molecule has 0 spiro atoms. The second-order valence-corrected chi connectivity index (χ2v) is 6.01. The zero-order valence-electron chi connectivity index (χ0n) is 10.7. The fourth-order valence-corrected chi connectivity index (χ4v) is 3.39. The van der Waals surface area contributed by atoms with E-state index in [1.54, 1.807) is 30.8 Å². The number of thioether (sulfide) groups is 1. The first-order valence-corrected chi connectivity index (χ1v) is 6.69. The summed E-state index contributed by atoms with van der Waals surface area (Å²) in [5, 5.41) is 9.12. The zero-order valence-corrected chi connectivity index (χ0v) is 11.5. The number of hydrogen-bond donors (Lipinski definition) is 1. The smallest absolute Gasteiger partial charge is 0.327 e. The molecule has 1 amide bonds. The first-order valence-electron chi connectivity index (χ1n) is 5.65. The number of carboxylic acid groups (broad SMARTS) is 1. The lowest BCUT2D eigenvalue weighted by atomic mass is 10.1. The van der Waals surface area contributed by atoms with Crippen molar-refractivity contribution in [3.8, 4) is 0 Å². The van der Waals surface area contributed by atoms with Crippen molar-refractivity contribution in [1.82, 2.24) is 9.80 Å². The molecule has 1 saturated heterocycles. The number of carboxylic acids is 1. The quantitative estimate of drug-likeness (QED) is 0.800. The molecule has 1 aliphatic heterocycles. The van der Waals surface area contributed by atoms with Gasteiger partial charge in [-0.05, 0) is 20.0 Å². The summed E-state index contributed by atoms with van der Waals surface area (Å²) in [5.74, 6) is -0.272. The van der Waals surface area contributed by atoms with Crippen molar-refractivity contribution in [2.45, 2.75) is 25.3 Å². The first-order chi connectivity index (χ1) is 7.84. The number of amides is 1. The average molecular weight is 260 g/mol. The standard InChI is InChI=1S/C11H20N2O3S/c1-7(2)10-13(9(14)5-12(3)4)8(6-17-10)11(15)16/h7-8,10H,5-6H2,1-4H3,(H,15,16). The third kappa shape index (κ3) is 3.35. The van der Waals surface area contributed by atoms with Gasteiger partial charge in [0.05, 0.1) is 11.9 Å². The van der Waals surface area contributed by atoms with Crippen molar-refractivity contribution in [2.75, 3.05) is 26.4 Å². The summed E-state index contributed by atoms with van der Waals surface area (Å²) < 4.78 is 0. The summed E-state index contributed by atoms with van der Waals surface area (Å²) in [6.45, 7) is 4.28. The van der Waals surface area contributed by atoms with Gasteiger partial charge in [0.15, 0.2) is 0 Å². The van der Waals surface area contributed by atoms with E-state index in [1.165, 1.54) is 4.90 Å². The van der Waals surface area contributed by atoms with Crippen molar-refractivity contribution in [3.63, 3.8) is 0 Å². The number of nitrogens with zero attached hydrogens (tertiary/aromatic N) is 2. The molecule has 5 nitrogen and oxygen atoms in total. The van der Waals surface area contributed by atoms with Gasteiger partial charge in [-0.1, -0.05) is 13.8 Å². The van der Waals surface area contributed by atoms with Gasteiger partial charge in [0.1, 0.15) is 6.04 Å². The molecule has 0 radical (unpaired) electrons. The van der Waals surface area contributed by atoms with Crippen molar-refractivity contribution in [3.05, 3.63) is 0 Å². The number of likely N-dealkylation sites (N-methyl/N-ethyl adjacent to an activating group) is 1. The number of rotatable bonds is 4. The van der Waals surface area contributed by atoms with Gasteiger partial charge in [0.25, 0.3) is 0 Å². The minimum Gasteiger partial charge on any atom is -0.480 e. The summed E-state index contributed by atoms with van der Waals surface area (Å²) in [4.78, 5) is 26.5. The molecule has 0 aromatic carbocycles. The SMILES string of the molecule is CC(C)C1SCC(C(=O)O)N1C(=O)CN(C)C. The van der Waals surface area contributed by atoms with Crippen LogP contribution >= 0.6 is 11.8 Å². The minimum absolute atomic E-state index is 0.0245. The van der Waals surface area contributed by atoms with Gasteiger partial charge in [-0.25, -0.2) is 4.79 Å². The molecule has 0 saturated carbocycles. The summed E-state index contributed by atoms with van der Waals surface area (Å²) in [7, 11) is 3.61. The topological polar surface area (TPSA) is 60.9 Å². The maximum Gasteiger partial charge on any atom is 0.327 e. The van der Waals surface area contributed by atoms with E-state index in [0.29, 0.717) is 5.75 Å². The molecule has 0 aromatic rings. The molecule has 98 valence electrons. The largest absolute Gasteiger partial charge is 0.480 e. The zero-order chi connectivity index (χ0) is 13.2. The highest BCUT2D eigenvalue weighted by Crippen LogP contribution is 2.34. The molecule has 1 fully saturated rings. The van der Waals surface area contributed by atoms with E-state index in [9.17, 15) is 9.59 Å². The maximum absolute atomic E-state index is 12.1. The maximum atomic E-state index is 12.1. The summed E-state index contributed by atoms with van der Waals surface area (Å²) in [6, 6.07) is -0.681. The van der Waals surface area contributed by atoms with Crippen LogP contribution in [0.25, 0.3) is 0 Å². The van der Waals surface area contributed by atoms with Gasteiger partial charge in [-0.2, -0.15) is 0 Å². The van der Waals surface area contributed by atoms with Crippen molar-refractivity contribution >= 4 is 23.6 Å². The van der Waals surface area contributed by atoms with Crippen LogP contribution in [0.3, 0.4) is 0 Å². The first kappa shape index (κ1) is 14.3. The van der Waals surface area contributed by atoms with E-state index < -0.39 is 12.0 Å². The Labute approximate surface area is 106 Å². The molecule has 1 heterocycles. The number of carbonyl (C=O) groups excluding carboxylic acids is 1. The minimum atomic E-state index is -0.909. The summed E-state index contributed by atoms with van der Waals surface area (Å²) in [5.41, 5.74) is 0. The lowest BCUT2D eigenvalue weighted by molar-refractivity contribution is -0.149. The Kier molecular flexibility index (Phi) is 4.82. The van der Waals surface area contributed by atoms with Crippen LogP contribution in [0.5, 0.6) is 0 Å². The van der Waals surface area contributed by atoms with E-state index in [1.807, 2.05) is 13.8 Å². The Bertz CT molecular complexity index is 307. The Balaban J connectivity index is 2.85. The highest BCUT2D eigenvalue weighted by atomic mass is 32.2. The Morgan fingerprint density at radius 1 is 1.47 bits per heavy atom. The fraction of sp³-hybridized carbons (Fsp3) is 0.818. The molecule has 17 heavy (non-hydrogen) atoms. The van der Waals surface area contributed by atoms with Crippen molar-refractivity contribution in [2.24, 2.45) is 5.92 Å². The van der Waals surface area contributed by atoms with Crippen LogP contribution in [-0.2, 0) is 9.59 Å². The third-order valence-electron chi connectivity index (χ3n) is 2.63. The molecular weight excluding hydrogens is 240 g/mol. The molecule has 0 aliphatic carbocycles. The van der Waals surface area contributed by atoms with Gasteiger partial charge in [0.2, 0.25) is 5.91 Å². The van der Waals surface area contributed by atoms with Gasteiger partial charge < -0.3 is 14.9 Å². The highest BCUT2D eigenvalue weighted by Gasteiger charge is 2.42. The lowest BCUT2D eigenvalue weighted by Gasteiger charge is -2.30. The lowest BCUT2D eigenvalue weighted by Crippen LogP contribution is -2.49. The second-order valence-electron chi connectivity index (χ2n) is 4.86. The fourth-order valence-electron chi connectivity index (χ4n) is 1.90. The van der Waals surface area contributed by atoms with Crippen molar-refractivity contribution < 1.29 is 14.7 Å². The van der Waals surface area contributed by atoms with Gasteiger partial charge >= 0.3 is 5.97 Å². The van der Waals surface area contributed by atoms with Crippen LogP contribution in [0.1, 0.15) is 13.8 Å².